The molecule has 0 aromatic carbocycles. The molecule has 7 heavy (non-hydrogen) atoms. The van der Waals surface area contributed by atoms with Crippen LogP contribution in [0.5, 0.6) is 0 Å². The van der Waals surface area contributed by atoms with Gasteiger partial charge in [-0.2, -0.15) is 0 Å². The molecule has 0 spiro atoms. The number of halogens is 1. The number of nitrogens with two attached hydrogens (primary N) is 1. The zero-order chi connectivity index (χ0) is 5.70. The van der Waals surface area contributed by atoms with E-state index in [-0.39, 0.29) is 11.6 Å². The molecule has 0 bridgehead atoms. The lowest BCUT2D eigenvalue weighted by atomic mass is 10.3. The van der Waals surface area contributed by atoms with E-state index in [1.54, 1.807) is 0 Å². The third-order valence-corrected chi connectivity index (χ3v) is 1.08. The fraction of sp³-hybridized carbons (Fsp3) is 1.00. The standard InChI is InChI=1S/C4H9BrNO/c5-4(6)2-1-3-7/h4H,1-3,6H2. The fourth-order valence-corrected chi connectivity index (χ4v) is 0.602. The Morgan fingerprint density at radius 2 is 2.29 bits per heavy atom. The van der Waals surface area contributed by atoms with Gasteiger partial charge in [0.2, 0.25) is 0 Å². The summed E-state index contributed by atoms with van der Waals surface area (Å²) in [4.78, 5) is 0.0152. The summed E-state index contributed by atoms with van der Waals surface area (Å²) in [6.45, 7) is -0.0146. The minimum atomic E-state index is -0.0146. The van der Waals surface area contributed by atoms with Crippen molar-refractivity contribution in [1.29, 1.82) is 0 Å². The minimum absolute atomic E-state index is 0.0146. The van der Waals surface area contributed by atoms with Crippen molar-refractivity contribution in [3.8, 4) is 0 Å². The van der Waals surface area contributed by atoms with Crippen LogP contribution in [0.1, 0.15) is 12.8 Å². The molecule has 0 amide bonds. The molecule has 2 nitrogen and oxygen atoms in total. The van der Waals surface area contributed by atoms with Crippen LogP contribution in [-0.4, -0.2) is 11.6 Å². The van der Waals surface area contributed by atoms with Crippen molar-refractivity contribution in [1.82, 2.24) is 0 Å². The molecule has 2 N–H and O–H groups in total. The molecule has 0 heterocycles. The third kappa shape index (κ3) is 6.40. The van der Waals surface area contributed by atoms with Gasteiger partial charge in [0.05, 0.1) is 11.6 Å². The van der Waals surface area contributed by atoms with E-state index in [9.17, 15) is 5.11 Å². The molecule has 0 aliphatic rings. The zero-order valence-electron chi connectivity index (χ0n) is 4.06. The fourth-order valence-electron chi connectivity index (χ4n) is 0.278. The van der Waals surface area contributed by atoms with Gasteiger partial charge in [-0.25, -0.2) is 5.11 Å². The number of rotatable bonds is 3. The first-order valence-corrected chi connectivity index (χ1v) is 3.16. The second-order valence-electron chi connectivity index (χ2n) is 1.36. The smallest absolute Gasteiger partial charge is 0.0823 e. The largest absolute Gasteiger partial charge is 0.319 e. The molecule has 0 rings (SSSR count). The summed E-state index contributed by atoms with van der Waals surface area (Å²) in [6.07, 6.45) is 1.45. The monoisotopic (exact) mass is 166 g/mol. The molecule has 1 radical (unpaired) electrons. The maximum absolute atomic E-state index is 9.76. The van der Waals surface area contributed by atoms with Crippen molar-refractivity contribution in [2.75, 3.05) is 6.61 Å². The van der Waals surface area contributed by atoms with Gasteiger partial charge in [0, 0.05) is 0 Å². The molecule has 0 aliphatic heterocycles. The van der Waals surface area contributed by atoms with Gasteiger partial charge in [-0.15, -0.1) is 0 Å². The summed E-state index contributed by atoms with van der Waals surface area (Å²) < 4.78 is 0. The third-order valence-electron chi connectivity index (χ3n) is 0.624. The van der Waals surface area contributed by atoms with Crippen LogP contribution in [0.2, 0.25) is 0 Å². The molecule has 0 aromatic rings. The molecule has 1 unspecified atom stereocenters. The molecule has 1 atom stereocenters. The lowest BCUT2D eigenvalue weighted by molar-refractivity contribution is 0.187. The van der Waals surface area contributed by atoms with Crippen LogP contribution in [0.4, 0.5) is 0 Å². The summed E-state index contributed by atoms with van der Waals surface area (Å²) in [5.41, 5.74) is 5.26. The Morgan fingerprint density at radius 3 is 2.43 bits per heavy atom. The summed E-state index contributed by atoms with van der Waals surface area (Å²) >= 11 is 3.11. The molecule has 0 saturated carbocycles. The van der Waals surface area contributed by atoms with Crippen molar-refractivity contribution in [2.45, 2.75) is 17.8 Å². The van der Waals surface area contributed by atoms with Gasteiger partial charge in [-0.05, 0) is 12.8 Å². The highest BCUT2D eigenvalue weighted by atomic mass is 79.9. The Labute approximate surface area is 51.8 Å². The zero-order valence-corrected chi connectivity index (χ0v) is 5.65. The Hall–Kier alpha value is 0.400. The number of hydrogen-bond acceptors (Lipinski definition) is 1. The highest BCUT2D eigenvalue weighted by Gasteiger charge is 1.92. The summed E-state index contributed by atoms with van der Waals surface area (Å²) in [5, 5.41) is 9.76. The molecule has 43 valence electrons. The first-order chi connectivity index (χ1) is 3.27. The topological polar surface area (TPSA) is 45.9 Å². The highest BCUT2D eigenvalue weighted by Crippen LogP contribution is 1.98. The predicted molar refractivity (Wildman–Crippen MR) is 31.7 cm³/mol. The predicted octanol–water partition coefficient (Wildman–Crippen LogP) is 0.877. The number of alkyl halides is 1. The van der Waals surface area contributed by atoms with Crippen LogP contribution in [0.25, 0.3) is 0 Å². The molecule has 0 aromatic heterocycles. The van der Waals surface area contributed by atoms with E-state index in [0.717, 1.165) is 6.42 Å². The summed E-state index contributed by atoms with van der Waals surface area (Å²) in [5.74, 6) is 0. The van der Waals surface area contributed by atoms with Gasteiger partial charge < -0.3 is 5.73 Å². The second kappa shape index (κ2) is 4.56. The Morgan fingerprint density at radius 1 is 1.71 bits per heavy atom. The quantitative estimate of drug-likeness (QED) is 0.492. The normalized spacial score (nSPS) is 14.1. The molecular weight excluding hydrogens is 158 g/mol. The van der Waals surface area contributed by atoms with Gasteiger partial charge in [0.1, 0.15) is 0 Å². The van der Waals surface area contributed by atoms with Crippen LogP contribution in [0.3, 0.4) is 0 Å². The second-order valence-corrected chi connectivity index (χ2v) is 2.54. The maximum atomic E-state index is 9.76. The van der Waals surface area contributed by atoms with Crippen molar-refractivity contribution in [3.05, 3.63) is 0 Å². The van der Waals surface area contributed by atoms with Crippen molar-refractivity contribution in [3.63, 3.8) is 0 Å². The lowest BCUT2D eigenvalue weighted by Crippen LogP contribution is -2.10. The average molecular weight is 167 g/mol. The van der Waals surface area contributed by atoms with Crippen LogP contribution in [0.15, 0.2) is 0 Å². The van der Waals surface area contributed by atoms with Gasteiger partial charge in [0.25, 0.3) is 0 Å². The SMILES string of the molecule is NC(Br)CCC[O]. The van der Waals surface area contributed by atoms with Crippen molar-refractivity contribution in [2.24, 2.45) is 5.73 Å². The minimum Gasteiger partial charge on any atom is -0.319 e. The Balaban J connectivity index is 2.68. The van der Waals surface area contributed by atoms with E-state index in [1.165, 1.54) is 0 Å². The Kier molecular flexibility index (Phi) is 4.82. The molecule has 3 heteroatoms. The number of hydrogen-bond donors (Lipinski definition) is 1. The highest BCUT2D eigenvalue weighted by molar-refractivity contribution is 9.09. The van der Waals surface area contributed by atoms with Crippen LogP contribution >= 0.6 is 15.9 Å². The van der Waals surface area contributed by atoms with Crippen molar-refractivity contribution >= 4 is 15.9 Å². The first-order valence-electron chi connectivity index (χ1n) is 2.25. The van der Waals surface area contributed by atoms with E-state index < -0.39 is 0 Å². The first kappa shape index (κ1) is 7.40. The summed E-state index contributed by atoms with van der Waals surface area (Å²) in [7, 11) is 0. The van der Waals surface area contributed by atoms with Crippen LogP contribution < -0.4 is 5.73 Å². The van der Waals surface area contributed by atoms with Crippen LogP contribution in [0, 0.1) is 0 Å². The molecule has 0 saturated heterocycles. The Bertz CT molecular complexity index is 40.7. The van der Waals surface area contributed by atoms with Gasteiger partial charge in [-0.1, -0.05) is 15.9 Å². The maximum Gasteiger partial charge on any atom is 0.0823 e. The van der Waals surface area contributed by atoms with E-state index >= 15 is 0 Å². The summed E-state index contributed by atoms with van der Waals surface area (Å²) in [6, 6.07) is 0. The van der Waals surface area contributed by atoms with E-state index in [4.69, 9.17) is 5.73 Å². The van der Waals surface area contributed by atoms with Crippen molar-refractivity contribution < 1.29 is 5.11 Å². The van der Waals surface area contributed by atoms with Crippen LogP contribution in [-0.2, 0) is 5.11 Å². The molecular formula is C4H9BrNO. The van der Waals surface area contributed by atoms with Gasteiger partial charge in [0.15, 0.2) is 0 Å². The molecule has 0 fully saturated rings. The van der Waals surface area contributed by atoms with E-state index in [2.05, 4.69) is 15.9 Å². The van der Waals surface area contributed by atoms with E-state index in [0.29, 0.717) is 6.42 Å². The average Bonchev–Trinajstić information content (AvgIpc) is 1.61. The lowest BCUT2D eigenvalue weighted by Gasteiger charge is -1.96. The van der Waals surface area contributed by atoms with E-state index in [1.807, 2.05) is 0 Å². The van der Waals surface area contributed by atoms with Gasteiger partial charge >= 0.3 is 0 Å². The molecule has 0 aliphatic carbocycles. The van der Waals surface area contributed by atoms with Gasteiger partial charge in [-0.3, -0.25) is 0 Å².